The van der Waals surface area contributed by atoms with Crippen LogP contribution < -0.4 is 16.0 Å². The summed E-state index contributed by atoms with van der Waals surface area (Å²) >= 11 is 0. The fourth-order valence-corrected chi connectivity index (χ4v) is 3.59. The number of urea groups is 2. The molecule has 162 valence electrons. The number of ether oxygens (including phenoxy) is 2. The fraction of sp³-hybridized carbons (Fsp3) is 0.722. The molecule has 0 unspecified atom stereocenters. The topological polar surface area (TPSA) is 143 Å². The zero-order valence-corrected chi connectivity index (χ0v) is 16.7. The predicted molar refractivity (Wildman–Crippen MR) is 99.6 cm³/mol. The molecule has 29 heavy (non-hydrogen) atoms. The van der Waals surface area contributed by atoms with E-state index in [1.807, 2.05) is 12.2 Å². The number of hydrogen-bond acceptors (Lipinski definition) is 7. The lowest BCUT2D eigenvalue weighted by molar-refractivity contribution is -0.151. The molecule has 2 fully saturated rings. The summed E-state index contributed by atoms with van der Waals surface area (Å²) in [7, 11) is 1.53. The zero-order chi connectivity index (χ0) is 21.4. The van der Waals surface area contributed by atoms with Gasteiger partial charge in [0.15, 0.2) is 6.61 Å². The van der Waals surface area contributed by atoms with Crippen molar-refractivity contribution in [2.45, 2.75) is 44.6 Å². The fourth-order valence-electron chi connectivity index (χ4n) is 3.59. The Hall–Kier alpha value is -2.69. The Morgan fingerprint density at radius 3 is 2.72 bits per heavy atom. The van der Waals surface area contributed by atoms with Gasteiger partial charge in [-0.25, -0.2) is 9.59 Å². The first kappa shape index (κ1) is 22.6. The summed E-state index contributed by atoms with van der Waals surface area (Å²) in [6, 6.07) is -1.36. The minimum absolute atomic E-state index is 0.0260. The van der Waals surface area contributed by atoms with E-state index in [1.165, 1.54) is 7.11 Å². The summed E-state index contributed by atoms with van der Waals surface area (Å²) in [5, 5.41) is 7.19. The summed E-state index contributed by atoms with van der Waals surface area (Å²) < 4.78 is 9.61. The normalized spacial score (nSPS) is 23.7. The van der Waals surface area contributed by atoms with Gasteiger partial charge in [0.05, 0.1) is 0 Å². The van der Waals surface area contributed by atoms with E-state index in [4.69, 9.17) is 9.47 Å². The number of carbonyl (C=O) groups excluding carboxylic acids is 5. The van der Waals surface area contributed by atoms with Gasteiger partial charge in [0.1, 0.15) is 12.1 Å². The number of esters is 1. The van der Waals surface area contributed by atoms with Crippen LogP contribution in [0.4, 0.5) is 9.59 Å². The molecule has 1 aliphatic heterocycles. The molecule has 1 saturated carbocycles. The first-order valence-corrected chi connectivity index (χ1v) is 9.66. The maximum absolute atomic E-state index is 12.8. The van der Waals surface area contributed by atoms with E-state index < -0.39 is 48.5 Å². The van der Waals surface area contributed by atoms with E-state index in [9.17, 15) is 24.0 Å². The summed E-state index contributed by atoms with van der Waals surface area (Å²) in [6.45, 7) is 1.41. The van der Waals surface area contributed by atoms with Crippen LogP contribution in [0.25, 0.3) is 0 Å². The number of methoxy groups -OCH3 is 1. The van der Waals surface area contributed by atoms with Crippen molar-refractivity contribution in [2.75, 3.05) is 33.4 Å². The third kappa shape index (κ3) is 5.66. The second-order valence-electron chi connectivity index (χ2n) is 7.25. The molecule has 1 spiro atoms. The second kappa shape index (κ2) is 10.2. The SMILES string of the molecule is COCCCNC(=O)NC(=O)COC(=O)CN1C(=O)N[C@]2(CCCC[C@H]2C)C1=O. The largest absolute Gasteiger partial charge is 0.454 e. The molecule has 0 aromatic heterocycles. The van der Waals surface area contributed by atoms with E-state index in [-0.39, 0.29) is 5.92 Å². The molecule has 11 heteroatoms. The van der Waals surface area contributed by atoms with E-state index in [0.29, 0.717) is 26.0 Å². The number of nitrogens with one attached hydrogen (secondary N) is 3. The van der Waals surface area contributed by atoms with Crippen LogP contribution >= 0.6 is 0 Å². The smallest absolute Gasteiger partial charge is 0.326 e. The number of rotatable bonds is 8. The number of imide groups is 2. The first-order valence-electron chi connectivity index (χ1n) is 9.66. The lowest BCUT2D eigenvalue weighted by atomic mass is 9.73. The van der Waals surface area contributed by atoms with Crippen molar-refractivity contribution in [3.8, 4) is 0 Å². The Kier molecular flexibility index (Phi) is 7.94. The van der Waals surface area contributed by atoms with Crippen molar-refractivity contribution in [3.05, 3.63) is 0 Å². The van der Waals surface area contributed by atoms with Crippen LogP contribution in [0.3, 0.4) is 0 Å². The minimum atomic E-state index is -0.964. The highest BCUT2D eigenvalue weighted by atomic mass is 16.5. The van der Waals surface area contributed by atoms with Gasteiger partial charge in [0.25, 0.3) is 11.8 Å². The molecule has 1 saturated heterocycles. The molecule has 0 aromatic rings. The Balaban J connectivity index is 1.76. The molecule has 11 nitrogen and oxygen atoms in total. The monoisotopic (exact) mass is 412 g/mol. The number of hydrogen-bond donors (Lipinski definition) is 3. The third-order valence-corrected chi connectivity index (χ3v) is 5.22. The first-order chi connectivity index (χ1) is 13.8. The summed E-state index contributed by atoms with van der Waals surface area (Å²) in [5.74, 6) is -2.20. The van der Waals surface area contributed by atoms with E-state index in [1.54, 1.807) is 0 Å². The molecule has 2 aliphatic rings. The molecular formula is C18H28N4O7. The van der Waals surface area contributed by atoms with Crippen molar-refractivity contribution in [2.24, 2.45) is 5.92 Å². The Labute approximate surface area is 168 Å². The van der Waals surface area contributed by atoms with Gasteiger partial charge in [-0.15, -0.1) is 0 Å². The molecule has 0 bridgehead atoms. The molecule has 0 aromatic carbocycles. The average Bonchev–Trinajstić information content (AvgIpc) is 2.91. The van der Waals surface area contributed by atoms with Crippen LogP contribution in [0, 0.1) is 5.92 Å². The molecule has 0 radical (unpaired) electrons. The Bertz CT molecular complexity index is 669. The number of amides is 6. The third-order valence-electron chi connectivity index (χ3n) is 5.22. The van der Waals surface area contributed by atoms with Crippen molar-refractivity contribution in [1.29, 1.82) is 0 Å². The standard InChI is InChI=1S/C18H28N4O7/c1-12-6-3-4-7-18(12)15(25)22(17(27)21-18)10-14(24)29-11-13(23)20-16(26)19-8-5-9-28-2/h12H,3-11H2,1-2H3,(H,21,27)(H2,19,20,23,26)/t12-,18+/m1/s1. The van der Waals surface area contributed by atoms with Crippen LogP contribution in [-0.4, -0.2) is 73.7 Å². The molecule has 6 amide bonds. The predicted octanol–water partition coefficient (Wildman–Crippen LogP) is -0.107. The van der Waals surface area contributed by atoms with Crippen molar-refractivity contribution in [1.82, 2.24) is 20.9 Å². The molecule has 2 atom stereocenters. The van der Waals surface area contributed by atoms with Crippen molar-refractivity contribution < 1.29 is 33.4 Å². The van der Waals surface area contributed by atoms with Crippen molar-refractivity contribution >= 4 is 29.8 Å². The van der Waals surface area contributed by atoms with Gasteiger partial charge in [-0.2, -0.15) is 0 Å². The van der Waals surface area contributed by atoms with Crippen LogP contribution in [0.15, 0.2) is 0 Å². The van der Waals surface area contributed by atoms with Crippen molar-refractivity contribution in [3.63, 3.8) is 0 Å². The zero-order valence-electron chi connectivity index (χ0n) is 16.7. The minimum Gasteiger partial charge on any atom is -0.454 e. The van der Waals surface area contributed by atoms with Crippen LogP contribution in [0.5, 0.6) is 0 Å². The molecule has 1 heterocycles. The lowest BCUT2D eigenvalue weighted by Gasteiger charge is -2.36. The average molecular weight is 412 g/mol. The summed E-state index contributed by atoms with van der Waals surface area (Å²) in [5.41, 5.74) is -0.964. The van der Waals surface area contributed by atoms with Crippen LogP contribution in [-0.2, 0) is 23.9 Å². The van der Waals surface area contributed by atoms with Crippen LogP contribution in [0.2, 0.25) is 0 Å². The highest BCUT2D eigenvalue weighted by Crippen LogP contribution is 2.38. The quantitative estimate of drug-likeness (QED) is 0.287. The van der Waals surface area contributed by atoms with E-state index in [0.717, 1.165) is 24.2 Å². The highest BCUT2D eigenvalue weighted by molar-refractivity contribution is 6.09. The van der Waals surface area contributed by atoms with Gasteiger partial charge < -0.3 is 20.1 Å². The molecular weight excluding hydrogens is 384 g/mol. The molecule has 3 N–H and O–H groups in total. The van der Waals surface area contributed by atoms with E-state index >= 15 is 0 Å². The highest BCUT2D eigenvalue weighted by Gasteiger charge is 2.55. The number of carbonyl (C=O) groups is 5. The second-order valence-corrected chi connectivity index (χ2v) is 7.25. The summed E-state index contributed by atoms with van der Waals surface area (Å²) in [4.78, 5) is 61.0. The maximum Gasteiger partial charge on any atom is 0.326 e. The van der Waals surface area contributed by atoms with Crippen LogP contribution in [0.1, 0.15) is 39.0 Å². The maximum atomic E-state index is 12.8. The van der Waals surface area contributed by atoms with Gasteiger partial charge in [0, 0.05) is 20.3 Å². The molecule has 2 rings (SSSR count). The molecule has 1 aliphatic carbocycles. The number of nitrogens with zero attached hydrogens (tertiary/aromatic N) is 1. The van der Waals surface area contributed by atoms with Gasteiger partial charge in [-0.3, -0.25) is 24.6 Å². The lowest BCUT2D eigenvalue weighted by Crippen LogP contribution is -2.54. The van der Waals surface area contributed by atoms with Gasteiger partial charge in [-0.1, -0.05) is 19.8 Å². The van der Waals surface area contributed by atoms with Gasteiger partial charge >= 0.3 is 18.0 Å². The summed E-state index contributed by atoms with van der Waals surface area (Å²) in [6.07, 6.45) is 3.74. The van der Waals surface area contributed by atoms with Gasteiger partial charge in [0.2, 0.25) is 0 Å². The van der Waals surface area contributed by atoms with E-state index in [2.05, 4.69) is 10.6 Å². The Morgan fingerprint density at radius 1 is 1.28 bits per heavy atom. The van der Waals surface area contributed by atoms with Gasteiger partial charge in [-0.05, 0) is 25.2 Å². The Morgan fingerprint density at radius 2 is 2.03 bits per heavy atom.